The van der Waals surface area contributed by atoms with E-state index in [2.05, 4.69) is 24.1 Å². The normalized spacial score (nSPS) is 29.4. The molecule has 4 atom stereocenters. The summed E-state index contributed by atoms with van der Waals surface area (Å²) in [6.45, 7) is 8.43. The van der Waals surface area contributed by atoms with Gasteiger partial charge in [0.1, 0.15) is 4.21 Å². The molecule has 1 N–H and O–H groups in total. The first-order chi connectivity index (χ1) is 12.8. The van der Waals surface area contributed by atoms with Crippen molar-refractivity contribution in [2.24, 2.45) is 11.8 Å². The molecule has 1 aliphatic carbocycles. The first kappa shape index (κ1) is 20.8. The van der Waals surface area contributed by atoms with E-state index < -0.39 is 10.0 Å². The zero-order valence-corrected chi connectivity index (χ0v) is 18.1. The predicted molar refractivity (Wildman–Crippen MR) is 108 cm³/mol. The summed E-state index contributed by atoms with van der Waals surface area (Å²) >= 11 is 1.25. The molecular weight excluding hydrogens is 382 g/mol. The molecule has 27 heavy (non-hydrogen) atoms. The van der Waals surface area contributed by atoms with Gasteiger partial charge in [-0.05, 0) is 36.6 Å². The Morgan fingerprint density at radius 2 is 1.93 bits per heavy atom. The third-order valence-electron chi connectivity index (χ3n) is 6.32. The van der Waals surface area contributed by atoms with E-state index in [-0.39, 0.29) is 18.0 Å². The van der Waals surface area contributed by atoms with Gasteiger partial charge in [0.15, 0.2) is 0 Å². The molecule has 1 aromatic heterocycles. The minimum Gasteiger partial charge on any atom is -0.352 e. The van der Waals surface area contributed by atoms with Crippen LogP contribution in [-0.2, 0) is 14.8 Å². The summed E-state index contributed by atoms with van der Waals surface area (Å²) in [7, 11) is -3.40. The molecule has 0 spiro atoms. The van der Waals surface area contributed by atoms with E-state index in [1.165, 1.54) is 28.5 Å². The standard InChI is InChI=1S/C19H31N3O3S2/c1-14-6-4-7-17(15(14)2)20-19(23)16(3)21-9-11-22(12-10-21)27(24,25)18-8-5-13-26-18/h5,8,13-17H,4,6-7,9-12H2,1-3H3,(H,20,23)/t14-,15-,16-,17+/m1/s1. The molecule has 6 nitrogen and oxygen atoms in total. The smallest absolute Gasteiger partial charge is 0.252 e. The topological polar surface area (TPSA) is 69.7 Å². The van der Waals surface area contributed by atoms with E-state index in [0.29, 0.717) is 42.2 Å². The fraction of sp³-hybridized carbons (Fsp3) is 0.737. The van der Waals surface area contributed by atoms with E-state index in [1.807, 2.05) is 6.92 Å². The Kier molecular flexibility index (Phi) is 6.61. The van der Waals surface area contributed by atoms with Gasteiger partial charge in [-0.3, -0.25) is 9.69 Å². The maximum Gasteiger partial charge on any atom is 0.252 e. The lowest BCUT2D eigenvalue weighted by Gasteiger charge is -2.39. The van der Waals surface area contributed by atoms with Gasteiger partial charge in [0.25, 0.3) is 10.0 Å². The number of hydrogen-bond donors (Lipinski definition) is 1. The summed E-state index contributed by atoms with van der Waals surface area (Å²) in [5, 5.41) is 5.03. The Morgan fingerprint density at radius 3 is 2.56 bits per heavy atom. The molecule has 3 rings (SSSR count). The lowest BCUT2D eigenvalue weighted by molar-refractivity contribution is -0.127. The fourth-order valence-electron chi connectivity index (χ4n) is 4.12. The van der Waals surface area contributed by atoms with Crippen molar-refractivity contribution >= 4 is 27.3 Å². The van der Waals surface area contributed by atoms with E-state index in [9.17, 15) is 13.2 Å². The molecule has 2 heterocycles. The lowest BCUT2D eigenvalue weighted by atomic mass is 9.78. The number of carbonyl (C=O) groups excluding carboxylic acids is 1. The van der Waals surface area contributed by atoms with E-state index in [4.69, 9.17) is 0 Å². The van der Waals surface area contributed by atoms with Crippen molar-refractivity contribution in [1.82, 2.24) is 14.5 Å². The van der Waals surface area contributed by atoms with Gasteiger partial charge in [0.2, 0.25) is 5.91 Å². The monoisotopic (exact) mass is 413 g/mol. The van der Waals surface area contributed by atoms with Crippen molar-refractivity contribution < 1.29 is 13.2 Å². The van der Waals surface area contributed by atoms with Crippen LogP contribution in [0.2, 0.25) is 0 Å². The molecule has 1 saturated carbocycles. The van der Waals surface area contributed by atoms with Gasteiger partial charge >= 0.3 is 0 Å². The Balaban J connectivity index is 1.53. The molecule has 2 fully saturated rings. The molecule has 0 bridgehead atoms. The second-order valence-electron chi connectivity index (χ2n) is 7.93. The van der Waals surface area contributed by atoms with Crippen LogP contribution in [-0.4, -0.2) is 61.8 Å². The second-order valence-corrected chi connectivity index (χ2v) is 11.0. The van der Waals surface area contributed by atoms with Crippen molar-refractivity contribution in [1.29, 1.82) is 0 Å². The highest BCUT2D eigenvalue weighted by Gasteiger charge is 2.34. The average molecular weight is 414 g/mol. The minimum absolute atomic E-state index is 0.0653. The van der Waals surface area contributed by atoms with Gasteiger partial charge in [-0.2, -0.15) is 4.31 Å². The Labute approximate surface area is 167 Å². The molecule has 2 aliphatic rings. The number of piperazine rings is 1. The summed E-state index contributed by atoms with van der Waals surface area (Å²) in [6, 6.07) is 3.42. The molecule has 152 valence electrons. The summed E-state index contributed by atoms with van der Waals surface area (Å²) in [4.78, 5) is 14.8. The van der Waals surface area contributed by atoms with Gasteiger partial charge in [0.05, 0.1) is 6.04 Å². The van der Waals surface area contributed by atoms with Gasteiger partial charge in [-0.25, -0.2) is 8.42 Å². The highest BCUT2D eigenvalue weighted by molar-refractivity contribution is 7.91. The zero-order valence-electron chi connectivity index (χ0n) is 16.4. The first-order valence-electron chi connectivity index (χ1n) is 9.88. The number of carbonyl (C=O) groups is 1. The van der Waals surface area contributed by atoms with E-state index >= 15 is 0 Å². The highest BCUT2D eigenvalue weighted by atomic mass is 32.2. The molecule has 8 heteroatoms. The molecule has 1 aliphatic heterocycles. The Bertz CT molecular complexity index is 727. The number of rotatable bonds is 5. The Hall–Kier alpha value is -0.960. The minimum atomic E-state index is -3.40. The number of nitrogens with zero attached hydrogens (tertiary/aromatic N) is 2. The van der Waals surface area contributed by atoms with Crippen LogP contribution >= 0.6 is 11.3 Å². The van der Waals surface area contributed by atoms with Crippen molar-refractivity contribution in [2.75, 3.05) is 26.2 Å². The van der Waals surface area contributed by atoms with Crippen molar-refractivity contribution in [3.63, 3.8) is 0 Å². The SMILES string of the molecule is C[C@@H]1[C@H](C)CCC[C@@H]1NC(=O)[C@@H](C)N1CCN(S(=O)(=O)c2cccs2)CC1. The number of sulfonamides is 1. The molecule has 1 aromatic rings. The van der Waals surface area contributed by atoms with Crippen molar-refractivity contribution in [2.45, 2.75) is 56.3 Å². The van der Waals surface area contributed by atoms with Gasteiger partial charge in [-0.1, -0.05) is 32.8 Å². The van der Waals surface area contributed by atoms with Gasteiger partial charge in [-0.15, -0.1) is 11.3 Å². The van der Waals surface area contributed by atoms with Crippen molar-refractivity contribution in [3.05, 3.63) is 17.5 Å². The van der Waals surface area contributed by atoms with Gasteiger partial charge in [0, 0.05) is 32.2 Å². The molecule has 0 aromatic carbocycles. The summed E-state index contributed by atoms with van der Waals surface area (Å²) < 4.78 is 27.2. The zero-order chi connectivity index (χ0) is 19.6. The number of hydrogen-bond acceptors (Lipinski definition) is 5. The van der Waals surface area contributed by atoms with Crippen LogP contribution in [0.25, 0.3) is 0 Å². The van der Waals surface area contributed by atoms with Crippen LogP contribution in [0.5, 0.6) is 0 Å². The van der Waals surface area contributed by atoms with Crippen LogP contribution in [0.4, 0.5) is 0 Å². The maximum absolute atomic E-state index is 12.7. The van der Waals surface area contributed by atoms with E-state index in [1.54, 1.807) is 17.5 Å². The molecule has 1 saturated heterocycles. The third kappa shape index (κ3) is 4.55. The summed E-state index contributed by atoms with van der Waals surface area (Å²) in [5.41, 5.74) is 0. The van der Waals surface area contributed by atoms with Crippen molar-refractivity contribution in [3.8, 4) is 0 Å². The molecule has 0 unspecified atom stereocenters. The lowest BCUT2D eigenvalue weighted by Crippen LogP contribution is -2.56. The van der Waals surface area contributed by atoms with Crippen LogP contribution < -0.4 is 5.32 Å². The average Bonchev–Trinajstić information content (AvgIpc) is 3.20. The molecule has 1 amide bonds. The Morgan fingerprint density at radius 1 is 1.22 bits per heavy atom. The first-order valence-corrected chi connectivity index (χ1v) is 12.2. The van der Waals surface area contributed by atoms with Crippen LogP contribution in [0.1, 0.15) is 40.0 Å². The quantitative estimate of drug-likeness (QED) is 0.805. The number of thiophene rings is 1. The largest absolute Gasteiger partial charge is 0.352 e. The van der Waals surface area contributed by atoms with E-state index in [0.717, 1.165) is 6.42 Å². The van der Waals surface area contributed by atoms with Gasteiger partial charge < -0.3 is 5.32 Å². The number of nitrogens with one attached hydrogen (secondary N) is 1. The fourth-order valence-corrected chi connectivity index (χ4v) is 6.69. The maximum atomic E-state index is 12.7. The second kappa shape index (κ2) is 8.59. The highest BCUT2D eigenvalue weighted by Crippen LogP contribution is 2.29. The van der Waals surface area contributed by atoms with Crippen LogP contribution in [0.15, 0.2) is 21.7 Å². The summed E-state index contributed by atoms with van der Waals surface area (Å²) in [5.74, 6) is 1.21. The molecular formula is C19H31N3O3S2. The third-order valence-corrected chi connectivity index (χ3v) is 9.60. The number of amides is 1. The van der Waals surface area contributed by atoms with Crippen LogP contribution in [0.3, 0.4) is 0 Å². The molecule has 0 radical (unpaired) electrons. The summed E-state index contributed by atoms with van der Waals surface area (Å²) in [6.07, 6.45) is 3.46. The van der Waals surface area contributed by atoms with Crippen LogP contribution in [0, 0.1) is 11.8 Å². The predicted octanol–water partition coefficient (Wildman–Crippen LogP) is 2.38.